The van der Waals surface area contributed by atoms with Gasteiger partial charge >= 0.3 is 6.09 Å². The minimum Gasteiger partial charge on any atom is -0.481 e. The zero-order chi connectivity index (χ0) is 11.8. The average Bonchev–Trinajstić information content (AvgIpc) is 2.34. The lowest BCUT2D eigenvalue weighted by Crippen LogP contribution is -2.24. The van der Waals surface area contributed by atoms with Gasteiger partial charge in [-0.2, -0.15) is 0 Å². The van der Waals surface area contributed by atoms with E-state index in [0.29, 0.717) is 12.4 Å². The highest BCUT2D eigenvalue weighted by molar-refractivity contribution is 5.67. The quantitative estimate of drug-likeness (QED) is 0.755. The molecule has 1 heterocycles. The summed E-state index contributed by atoms with van der Waals surface area (Å²) in [6.07, 6.45) is 1.04. The number of methoxy groups -OCH3 is 1. The smallest absolute Gasteiger partial charge is 0.407 e. The number of carbonyl (C=O) groups is 1. The van der Waals surface area contributed by atoms with Crippen LogP contribution in [0.5, 0.6) is 5.88 Å². The van der Waals surface area contributed by atoms with Gasteiger partial charge in [-0.15, -0.1) is 0 Å². The fraction of sp³-hybridized carbons (Fsp3) is 0.400. The molecule has 2 N–H and O–H groups in total. The van der Waals surface area contributed by atoms with E-state index in [1.807, 2.05) is 0 Å². The second-order valence-electron chi connectivity index (χ2n) is 2.92. The summed E-state index contributed by atoms with van der Waals surface area (Å²) in [5, 5.41) is 10.9. The first-order chi connectivity index (χ1) is 7.76. The number of amides is 1. The van der Waals surface area contributed by atoms with Crippen molar-refractivity contribution in [1.82, 2.24) is 10.3 Å². The topological polar surface area (TPSA) is 80.7 Å². The summed E-state index contributed by atoms with van der Waals surface area (Å²) in [6, 6.07) is 3.49. The maximum Gasteiger partial charge on any atom is 0.407 e. The van der Waals surface area contributed by atoms with Crippen LogP contribution in [0.4, 0.5) is 4.79 Å². The third-order valence-electron chi connectivity index (χ3n) is 1.77. The molecule has 1 amide bonds. The van der Waals surface area contributed by atoms with E-state index in [9.17, 15) is 4.79 Å². The van der Waals surface area contributed by atoms with Gasteiger partial charge in [-0.3, -0.25) is 0 Å². The Morgan fingerprint density at radius 2 is 2.38 bits per heavy atom. The number of pyridine rings is 1. The number of aromatic nitrogens is 1. The third-order valence-corrected chi connectivity index (χ3v) is 1.77. The Labute approximate surface area is 93.2 Å². The first-order valence-electron chi connectivity index (χ1n) is 4.76. The normalized spacial score (nSPS) is 9.62. The van der Waals surface area contributed by atoms with Crippen LogP contribution in [-0.4, -0.2) is 36.5 Å². The van der Waals surface area contributed by atoms with E-state index < -0.39 is 6.09 Å². The Bertz CT molecular complexity index is 326. The van der Waals surface area contributed by atoms with Gasteiger partial charge < -0.3 is 19.9 Å². The minimum absolute atomic E-state index is 0.00725. The summed E-state index contributed by atoms with van der Waals surface area (Å²) in [6.45, 7) is 0.130. The molecule has 6 nitrogen and oxygen atoms in total. The predicted molar refractivity (Wildman–Crippen MR) is 56.1 cm³/mol. The molecule has 88 valence electrons. The molecule has 0 saturated carbocycles. The van der Waals surface area contributed by atoms with Crippen molar-refractivity contribution >= 4 is 6.09 Å². The Morgan fingerprint density at radius 1 is 1.56 bits per heavy atom. The summed E-state index contributed by atoms with van der Waals surface area (Å²) in [5.41, 5.74) is 0.835. The molecule has 0 aliphatic carbocycles. The van der Waals surface area contributed by atoms with Crippen LogP contribution in [0.15, 0.2) is 18.3 Å². The van der Waals surface area contributed by atoms with Crippen LogP contribution in [0.25, 0.3) is 0 Å². The number of aliphatic hydroxyl groups is 1. The van der Waals surface area contributed by atoms with E-state index in [4.69, 9.17) is 9.84 Å². The maximum atomic E-state index is 11.0. The summed E-state index contributed by atoms with van der Waals surface area (Å²) < 4.78 is 9.51. The molecule has 1 aromatic heterocycles. The van der Waals surface area contributed by atoms with Crippen molar-refractivity contribution in [2.75, 3.05) is 20.3 Å². The maximum absolute atomic E-state index is 11.0. The molecule has 1 rings (SSSR count). The molecular weight excluding hydrogens is 212 g/mol. The molecule has 0 atom stereocenters. The van der Waals surface area contributed by atoms with E-state index in [-0.39, 0.29) is 13.2 Å². The third kappa shape index (κ3) is 4.14. The van der Waals surface area contributed by atoms with Crippen molar-refractivity contribution in [3.8, 4) is 5.88 Å². The van der Waals surface area contributed by atoms with Crippen LogP contribution in [0.2, 0.25) is 0 Å². The number of rotatable bonds is 5. The molecule has 16 heavy (non-hydrogen) atoms. The monoisotopic (exact) mass is 226 g/mol. The lowest BCUT2D eigenvalue weighted by atomic mass is 10.3. The summed E-state index contributed by atoms with van der Waals surface area (Å²) in [4.78, 5) is 15.0. The Hall–Kier alpha value is -1.82. The van der Waals surface area contributed by atoms with Crippen LogP contribution in [-0.2, 0) is 11.3 Å². The van der Waals surface area contributed by atoms with Gasteiger partial charge in [0.2, 0.25) is 5.88 Å². The molecule has 0 aromatic carbocycles. The highest BCUT2D eigenvalue weighted by Crippen LogP contribution is 2.06. The molecule has 0 aliphatic rings. The van der Waals surface area contributed by atoms with E-state index >= 15 is 0 Å². The number of carbonyl (C=O) groups excluding carboxylic acids is 1. The molecule has 0 radical (unpaired) electrons. The van der Waals surface area contributed by atoms with Gasteiger partial charge in [-0.25, -0.2) is 9.78 Å². The van der Waals surface area contributed by atoms with Crippen molar-refractivity contribution < 1.29 is 19.4 Å². The number of nitrogens with zero attached hydrogens (tertiary/aromatic N) is 1. The lowest BCUT2D eigenvalue weighted by molar-refractivity contribution is 0.119. The number of aliphatic hydroxyl groups excluding tert-OH is 1. The lowest BCUT2D eigenvalue weighted by Gasteiger charge is -2.05. The van der Waals surface area contributed by atoms with Crippen molar-refractivity contribution in [3.63, 3.8) is 0 Å². The van der Waals surface area contributed by atoms with E-state index in [2.05, 4.69) is 15.0 Å². The molecule has 0 saturated heterocycles. The van der Waals surface area contributed by atoms with Crippen LogP contribution in [0.3, 0.4) is 0 Å². The standard InChI is InChI=1S/C10H14N2O4/c1-15-9-3-2-8(6-11-9)7-12-10(14)16-5-4-13/h2-3,6,13H,4-5,7H2,1H3,(H,12,14). The largest absolute Gasteiger partial charge is 0.481 e. The number of nitrogens with one attached hydrogen (secondary N) is 1. The highest BCUT2D eigenvalue weighted by atomic mass is 16.6. The van der Waals surface area contributed by atoms with Gasteiger partial charge in [0, 0.05) is 18.8 Å². The van der Waals surface area contributed by atoms with Crippen molar-refractivity contribution in [2.24, 2.45) is 0 Å². The van der Waals surface area contributed by atoms with Gasteiger partial charge in [-0.05, 0) is 5.56 Å². The summed E-state index contributed by atoms with van der Waals surface area (Å²) in [7, 11) is 1.53. The first kappa shape index (κ1) is 12.3. The predicted octanol–water partition coefficient (Wildman–Crippen LogP) is 0.309. The van der Waals surface area contributed by atoms with Crippen LogP contribution in [0.1, 0.15) is 5.56 Å². The van der Waals surface area contributed by atoms with Crippen LogP contribution in [0, 0.1) is 0 Å². The summed E-state index contributed by atoms with van der Waals surface area (Å²) >= 11 is 0. The molecule has 0 aliphatic heterocycles. The minimum atomic E-state index is -0.565. The van der Waals surface area contributed by atoms with Gasteiger partial charge in [0.05, 0.1) is 13.7 Å². The van der Waals surface area contributed by atoms with Crippen LogP contribution < -0.4 is 10.1 Å². The Morgan fingerprint density at radius 3 is 2.94 bits per heavy atom. The molecular formula is C10H14N2O4. The van der Waals surface area contributed by atoms with E-state index in [1.165, 1.54) is 7.11 Å². The van der Waals surface area contributed by atoms with Gasteiger partial charge in [0.1, 0.15) is 6.61 Å². The first-order valence-corrected chi connectivity index (χ1v) is 4.76. The number of hydrogen-bond acceptors (Lipinski definition) is 5. The number of hydrogen-bond donors (Lipinski definition) is 2. The second kappa shape index (κ2) is 6.62. The van der Waals surface area contributed by atoms with E-state index in [1.54, 1.807) is 18.3 Å². The van der Waals surface area contributed by atoms with Gasteiger partial charge in [0.25, 0.3) is 0 Å². The van der Waals surface area contributed by atoms with Gasteiger partial charge in [0.15, 0.2) is 0 Å². The molecule has 0 bridgehead atoms. The van der Waals surface area contributed by atoms with Crippen molar-refractivity contribution in [2.45, 2.75) is 6.54 Å². The SMILES string of the molecule is COc1ccc(CNC(=O)OCCO)cn1. The van der Waals surface area contributed by atoms with Crippen LogP contribution >= 0.6 is 0 Å². The number of alkyl carbamates (subject to hydrolysis) is 1. The second-order valence-corrected chi connectivity index (χ2v) is 2.92. The molecule has 6 heteroatoms. The molecule has 0 spiro atoms. The average molecular weight is 226 g/mol. The number of ether oxygens (including phenoxy) is 2. The fourth-order valence-corrected chi connectivity index (χ4v) is 1.000. The zero-order valence-electron chi connectivity index (χ0n) is 8.97. The van der Waals surface area contributed by atoms with E-state index in [0.717, 1.165) is 5.56 Å². The Kier molecular flexibility index (Phi) is 5.07. The van der Waals surface area contributed by atoms with Gasteiger partial charge in [-0.1, -0.05) is 6.07 Å². The molecule has 0 fully saturated rings. The molecule has 1 aromatic rings. The molecule has 0 unspecified atom stereocenters. The van der Waals surface area contributed by atoms with Crippen molar-refractivity contribution in [1.29, 1.82) is 0 Å². The zero-order valence-corrected chi connectivity index (χ0v) is 8.97. The highest BCUT2D eigenvalue weighted by Gasteiger charge is 2.01. The fourth-order valence-electron chi connectivity index (χ4n) is 1.000. The van der Waals surface area contributed by atoms with Crippen molar-refractivity contribution in [3.05, 3.63) is 23.9 Å². The summed E-state index contributed by atoms with van der Waals surface area (Å²) in [5.74, 6) is 0.520. The Balaban J connectivity index is 2.33.